The largest absolute Gasteiger partial charge is 0.489 e. The highest BCUT2D eigenvalue weighted by Crippen LogP contribution is 2.27. The summed E-state index contributed by atoms with van der Waals surface area (Å²) in [5.74, 6) is -0.879. The van der Waals surface area contributed by atoms with Gasteiger partial charge in [-0.25, -0.2) is 13.8 Å². The van der Waals surface area contributed by atoms with Crippen molar-refractivity contribution < 1.29 is 18.3 Å². The monoisotopic (exact) mass is 470 g/mol. The molecule has 0 atom stereocenters. The maximum absolute atomic E-state index is 13.9. The minimum Gasteiger partial charge on any atom is -0.489 e. The van der Waals surface area contributed by atoms with Crippen LogP contribution >= 0.6 is 22.9 Å². The van der Waals surface area contributed by atoms with Crippen molar-refractivity contribution in [1.29, 1.82) is 0 Å². The lowest BCUT2D eigenvalue weighted by molar-refractivity contribution is 0.102. The third kappa shape index (κ3) is 4.95. The van der Waals surface area contributed by atoms with Gasteiger partial charge in [-0.1, -0.05) is 23.7 Å². The highest BCUT2D eigenvalue weighted by Gasteiger charge is 2.14. The molecule has 4 nitrogen and oxygen atoms in total. The van der Waals surface area contributed by atoms with E-state index in [0.717, 1.165) is 11.1 Å². The van der Waals surface area contributed by atoms with Crippen molar-refractivity contribution in [3.63, 3.8) is 0 Å². The predicted octanol–water partition coefficient (Wildman–Crippen LogP) is 6.88. The number of anilines is 1. The number of nitrogens with one attached hydrogen (secondary N) is 1. The molecule has 0 aliphatic heterocycles. The van der Waals surface area contributed by atoms with Crippen molar-refractivity contribution in [1.82, 2.24) is 4.98 Å². The number of hydrogen-bond acceptors (Lipinski definition) is 4. The first kappa shape index (κ1) is 21.9. The Morgan fingerprint density at radius 1 is 1.09 bits per heavy atom. The molecule has 0 unspecified atom stereocenters. The fourth-order valence-corrected chi connectivity index (χ4v) is 3.98. The first-order valence-corrected chi connectivity index (χ1v) is 10.9. The Labute approximate surface area is 192 Å². The molecule has 1 amide bonds. The summed E-state index contributed by atoms with van der Waals surface area (Å²) in [6, 6.07) is 16.0. The number of aromatic nitrogens is 1. The first-order chi connectivity index (χ1) is 15.4. The molecule has 0 saturated heterocycles. The van der Waals surface area contributed by atoms with Gasteiger partial charge in [0.15, 0.2) is 0 Å². The summed E-state index contributed by atoms with van der Waals surface area (Å²) in [7, 11) is 0. The third-order valence-electron chi connectivity index (χ3n) is 4.65. The van der Waals surface area contributed by atoms with Crippen LogP contribution in [0.5, 0.6) is 5.75 Å². The number of thiazole rings is 1. The van der Waals surface area contributed by atoms with Gasteiger partial charge in [0.1, 0.15) is 34.7 Å². The number of hydrogen-bond donors (Lipinski definition) is 1. The van der Waals surface area contributed by atoms with Gasteiger partial charge in [0.2, 0.25) is 0 Å². The van der Waals surface area contributed by atoms with Crippen LogP contribution < -0.4 is 10.1 Å². The summed E-state index contributed by atoms with van der Waals surface area (Å²) in [6.07, 6.45) is 0. The lowest BCUT2D eigenvalue weighted by atomic mass is 10.2. The summed E-state index contributed by atoms with van der Waals surface area (Å²) >= 11 is 7.31. The maximum atomic E-state index is 13.9. The molecule has 0 radical (unpaired) electrons. The fraction of sp³-hybridized carbons (Fsp3) is 0.0833. The number of nitrogens with zero attached hydrogens (tertiary/aromatic N) is 1. The van der Waals surface area contributed by atoms with Crippen molar-refractivity contribution in [3.8, 4) is 16.3 Å². The fourth-order valence-electron chi connectivity index (χ4n) is 2.95. The van der Waals surface area contributed by atoms with Crippen molar-refractivity contribution in [2.75, 3.05) is 5.32 Å². The molecule has 4 aromatic rings. The van der Waals surface area contributed by atoms with Crippen LogP contribution in [-0.2, 0) is 6.61 Å². The molecule has 162 valence electrons. The van der Waals surface area contributed by atoms with Crippen LogP contribution in [0, 0.1) is 18.6 Å². The Bertz CT molecular complexity index is 1260. The lowest BCUT2D eigenvalue weighted by Gasteiger charge is -2.09. The van der Waals surface area contributed by atoms with Crippen LogP contribution in [-0.4, -0.2) is 10.9 Å². The van der Waals surface area contributed by atoms with E-state index < -0.39 is 17.5 Å². The van der Waals surface area contributed by atoms with Gasteiger partial charge in [0.25, 0.3) is 5.91 Å². The Balaban J connectivity index is 1.43. The first-order valence-electron chi connectivity index (χ1n) is 9.60. The molecule has 0 aliphatic carbocycles. The summed E-state index contributed by atoms with van der Waals surface area (Å²) in [6.45, 7) is 1.82. The molecule has 0 fully saturated rings. The van der Waals surface area contributed by atoms with E-state index in [-0.39, 0.29) is 18.0 Å². The van der Waals surface area contributed by atoms with Gasteiger partial charge in [0.05, 0.1) is 10.7 Å². The highest BCUT2D eigenvalue weighted by atomic mass is 35.5. The van der Waals surface area contributed by atoms with Crippen LogP contribution in [0.15, 0.2) is 66.0 Å². The number of ether oxygens (including phenoxy) is 1. The Hall–Kier alpha value is -3.29. The van der Waals surface area contributed by atoms with E-state index in [1.165, 1.54) is 29.5 Å². The van der Waals surface area contributed by atoms with E-state index in [1.54, 1.807) is 47.8 Å². The zero-order valence-electron chi connectivity index (χ0n) is 16.9. The molecule has 8 heteroatoms. The summed E-state index contributed by atoms with van der Waals surface area (Å²) < 4.78 is 33.4. The van der Waals surface area contributed by atoms with Gasteiger partial charge < -0.3 is 10.1 Å². The molecule has 32 heavy (non-hydrogen) atoms. The van der Waals surface area contributed by atoms with Crippen molar-refractivity contribution in [2.24, 2.45) is 0 Å². The Kier molecular flexibility index (Phi) is 6.48. The second kappa shape index (κ2) is 9.46. The molecule has 1 N–H and O–H groups in total. The van der Waals surface area contributed by atoms with Crippen LogP contribution in [0.2, 0.25) is 5.02 Å². The smallest absolute Gasteiger partial charge is 0.275 e. The normalized spacial score (nSPS) is 10.8. The predicted molar refractivity (Wildman–Crippen MR) is 122 cm³/mol. The van der Waals surface area contributed by atoms with Crippen LogP contribution in [0.4, 0.5) is 14.5 Å². The van der Waals surface area contributed by atoms with Gasteiger partial charge in [-0.3, -0.25) is 4.79 Å². The van der Waals surface area contributed by atoms with Crippen LogP contribution in [0.25, 0.3) is 10.6 Å². The zero-order chi connectivity index (χ0) is 22.7. The number of aryl methyl sites for hydroxylation is 1. The van der Waals surface area contributed by atoms with Crippen molar-refractivity contribution in [3.05, 3.63) is 99.5 Å². The topological polar surface area (TPSA) is 51.2 Å². The second-order valence-corrected chi connectivity index (χ2v) is 8.25. The van der Waals surface area contributed by atoms with Gasteiger partial charge in [-0.15, -0.1) is 11.3 Å². The maximum Gasteiger partial charge on any atom is 0.275 e. The number of amides is 1. The van der Waals surface area contributed by atoms with Crippen LogP contribution in [0.1, 0.15) is 21.6 Å². The lowest BCUT2D eigenvalue weighted by Crippen LogP contribution is -2.13. The van der Waals surface area contributed by atoms with Crippen molar-refractivity contribution >= 4 is 34.5 Å². The van der Waals surface area contributed by atoms with Gasteiger partial charge in [0, 0.05) is 16.5 Å². The molecule has 1 aromatic heterocycles. The second-order valence-electron chi connectivity index (χ2n) is 6.99. The van der Waals surface area contributed by atoms with Gasteiger partial charge in [-0.05, 0) is 61.0 Å². The van der Waals surface area contributed by atoms with E-state index in [2.05, 4.69) is 10.3 Å². The van der Waals surface area contributed by atoms with Gasteiger partial charge in [-0.2, -0.15) is 0 Å². The minimum absolute atomic E-state index is 0.00193. The van der Waals surface area contributed by atoms with Crippen molar-refractivity contribution in [2.45, 2.75) is 13.5 Å². The SMILES string of the molecule is Cc1ccc(F)c(NC(=O)c2csc(-c3ccc(OCc4c(F)cccc4Cl)cc3)n2)c1. The van der Waals surface area contributed by atoms with E-state index >= 15 is 0 Å². The van der Waals surface area contributed by atoms with Crippen LogP contribution in [0.3, 0.4) is 0 Å². The molecule has 0 saturated carbocycles. The highest BCUT2D eigenvalue weighted by molar-refractivity contribution is 7.13. The van der Waals surface area contributed by atoms with E-state index in [1.807, 2.05) is 6.92 Å². The van der Waals surface area contributed by atoms with E-state index in [4.69, 9.17) is 16.3 Å². The number of halogens is 3. The van der Waals surface area contributed by atoms with E-state index in [9.17, 15) is 13.6 Å². The average Bonchev–Trinajstić information content (AvgIpc) is 3.27. The molecule has 0 bridgehead atoms. The molecule has 4 rings (SSSR count). The summed E-state index contributed by atoms with van der Waals surface area (Å²) in [5.41, 5.74) is 2.22. The zero-order valence-corrected chi connectivity index (χ0v) is 18.4. The quantitative estimate of drug-likeness (QED) is 0.334. The molecule has 0 spiro atoms. The standard InChI is InChI=1S/C24H17ClF2N2O2S/c1-14-5-10-20(27)21(11-14)28-23(30)22-13-32-24(29-22)15-6-8-16(9-7-15)31-12-17-18(25)3-2-4-19(17)26/h2-11,13H,12H2,1H3,(H,28,30). The number of rotatable bonds is 6. The molecule has 3 aromatic carbocycles. The molecule has 0 aliphatic rings. The molecular formula is C24H17ClF2N2O2S. The number of carbonyl (C=O) groups is 1. The number of benzene rings is 3. The third-order valence-corrected chi connectivity index (χ3v) is 5.90. The number of carbonyl (C=O) groups excluding carboxylic acids is 1. The summed E-state index contributed by atoms with van der Waals surface area (Å²) in [5, 5.41) is 5.10. The Morgan fingerprint density at radius 3 is 2.62 bits per heavy atom. The van der Waals surface area contributed by atoms with E-state index in [0.29, 0.717) is 21.3 Å². The van der Waals surface area contributed by atoms with Gasteiger partial charge >= 0.3 is 0 Å². The molecule has 1 heterocycles. The Morgan fingerprint density at radius 2 is 1.88 bits per heavy atom. The average molecular weight is 471 g/mol. The minimum atomic E-state index is -0.508. The molecular weight excluding hydrogens is 454 g/mol. The summed E-state index contributed by atoms with van der Waals surface area (Å²) in [4.78, 5) is 16.8.